The summed E-state index contributed by atoms with van der Waals surface area (Å²) < 4.78 is 15.6. The normalized spacial score (nSPS) is 16.0. The van der Waals surface area contributed by atoms with E-state index in [0.717, 1.165) is 6.42 Å². The molecule has 1 rings (SSSR count). The summed E-state index contributed by atoms with van der Waals surface area (Å²) in [6, 6.07) is 4.67. The van der Waals surface area contributed by atoms with Gasteiger partial charge in [0.15, 0.2) is 0 Å². The standard InChI is InChI=1S/C17H26FNO3/c1-16(2,3)13(9-5-4-8-12-20)17(18,15(21)22)14-10-6-7-11-19-14/h6-7,10-11,13,20H,4-5,8-9,12H2,1-3H3,(H,21,22). The summed E-state index contributed by atoms with van der Waals surface area (Å²) in [4.78, 5) is 15.7. The molecule has 0 fully saturated rings. The average Bonchev–Trinajstić information content (AvgIpc) is 2.46. The van der Waals surface area contributed by atoms with Crippen molar-refractivity contribution in [3.05, 3.63) is 30.1 Å². The minimum Gasteiger partial charge on any atom is -0.479 e. The molecule has 0 aliphatic carbocycles. The van der Waals surface area contributed by atoms with Crippen LogP contribution in [0.15, 0.2) is 24.4 Å². The maximum Gasteiger partial charge on any atom is 0.348 e. The van der Waals surface area contributed by atoms with Crippen molar-refractivity contribution < 1.29 is 19.4 Å². The topological polar surface area (TPSA) is 70.4 Å². The molecule has 2 unspecified atom stereocenters. The predicted molar refractivity (Wildman–Crippen MR) is 83.2 cm³/mol. The van der Waals surface area contributed by atoms with E-state index in [2.05, 4.69) is 4.98 Å². The molecule has 0 saturated heterocycles. The van der Waals surface area contributed by atoms with Gasteiger partial charge in [0.25, 0.3) is 5.67 Å². The number of rotatable bonds is 8. The summed E-state index contributed by atoms with van der Waals surface area (Å²) in [5.41, 5.74) is -3.09. The van der Waals surface area contributed by atoms with Crippen molar-refractivity contribution in [2.75, 3.05) is 6.61 Å². The van der Waals surface area contributed by atoms with E-state index in [1.54, 1.807) is 12.1 Å². The first-order chi connectivity index (χ1) is 10.2. The predicted octanol–water partition coefficient (Wildman–Crippen LogP) is 3.55. The van der Waals surface area contributed by atoms with Gasteiger partial charge in [-0.3, -0.25) is 4.98 Å². The van der Waals surface area contributed by atoms with Crippen LogP contribution in [0.4, 0.5) is 4.39 Å². The molecular formula is C17H26FNO3. The van der Waals surface area contributed by atoms with Crippen LogP contribution < -0.4 is 0 Å². The number of hydrogen-bond donors (Lipinski definition) is 2. The van der Waals surface area contributed by atoms with Gasteiger partial charge in [0.2, 0.25) is 0 Å². The van der Waals surface area contributed by atoms with Gasteiger partial charge in [-0.25, -0.2) is 9.18 Å². The summed E-state index contributed by atoms with van der Waals surface area (Å²) in [6.45, 7) is 5.65. The Morgan fingerprint density at radius 3 is 2.41 bits per heavy atom. The number of unbranched alkanes of at least 4 members (excludes halogenated alkanes) is 2. The number of aromatic nitrogens is 1. The second kappa shape index (κ2) is 7.68. The summed E-state index contributed by atoms with van der Waals surface area (Å²) in [5.74, 6) is -2.20. The van der Waals surface area contributed by atoms with Gasteiger partial charge < -0.3 is 10.2 Å². The number of carbonyl (C=O) groups is 1. The second-order valence-corrected chi connectivity index (χ2v) is 6.72. The fourth-order valence-corrected chi connectivity index (χ4v) is 2.88. The van der Waals surface area contributed by atoms with Crippen molar-refractivity contribution in [1.29, 1.82) is 0 Å². The Hall–Kier alpha value is -1.49. The van der Waals surface area contributed by atoms with Crippen LogP contribution in [-0.2, 0) is 10.5 Å². The lowest BCUT2D eigenvalue weighted by Gasteiger charge is -2.39. The molecular weight excluding hydrogens is 285 g/mol. The van der Waals surface area contributed by atoms with Gasteiger partial charge in [0.1, 0.15) is 0 Å². The van der Waals surface area contributed by atoms with E-state index in [4.69, 9.17) is 5.11 Å². The number of nitrogens with zero attached hydrogens (tertiary/aromatic N) is 1. The lowest BCUT2D eigenvalue weighted by Crippen LogP contribution is -2.45. The Labute approximate surface area is 131 Å². The Kier molecular flexibility index (Phi) is 6.48. The first-order valence-corrected chi connectivity index (χ1v) is 7.69. The van der Waals surface area contributed by atoms with Gasteiger partial charge in [0, 0.05) is 18.7 Å². The van der Waals surface area contributed by atoms with Crippen molar-refractivity contribution >= 4 is 5.97 Å². The number of alkyl halides is 1. The van der Waals surface area contributed by atoms with Gasteiger partial charge in [-0.1, -0.05) is 39.7 Å². The molecule has 2 N–H and O–H groups in total. The Morgan fingerprint density at radius 2 is 1.95 bits per heavy atom. The molecule has 0 aromatic carbocycles. The molecule has 2 atom stereocenters. The van der Waals surface area contributed by atoms with Crippen LogP contribution >= 0.6 is 0 Å². The number of aliphatic carboxylic acids is 1. The van der Waals surface area contributed by atoms with E-state index < -0.39 is 23.0 Å². The van der Waals surface area contributed by atoms with E-state index in [-0.39, 0.29) is 12.3 Å². The molecule has 0 aliphatic rings. The quantitative estimate of drug-likeness (QED) is 0.720. The van der Waals surface area contributed by atoms with Crippen LogP contribution in [0.2, 0.25) is 0 Å². The number of halogens is 1. The van der Waals surface area contributed by atoms with Crippen LogP contribution in [0.5, 0.6) is 0 Å². The number of pyridine rings is 1. The van der Waals surface area contributed by atoms with Gasteiger partial charge in [-0.05, 0) is 30.4 Å². The maximum absolute atomic E-state index is 15.6. The second-order valence-electron chi connectivity index (χ2n) is 6.72. The highest BCUT2D eigenvalue weighted by Gasteiger charge is 2.53. The monoisotopic (exact) mass is 311 g/mol. The zero-order valence-electron chi connectivity index (χ0n) is 13.6. The summed E-state index contributed by atoms with van der Waals surface area (Å²) >= 11 is 0. The molecule has 22 heavy (non-hydrogen) atoms. The highest BCUT2D eigenvalue weighted by atomic mass is 19.1. The van der Waals surface area contributed by atoms with Crippen molar-refractivity contribution in [1.82, 2.24) is 4.98 Å². The van der Waals surface area contributed by atoms with E-state index >= 15 is 4.39 Å². The van der Waals surface area contributed by atoms with Crippen LogP contribution in [0.3, 0.4) is 0 Å². The molecule has 1 heterocycles. The Balaban J connectivity index is 3.13. The molecule has 124 valence electrons. The average molecular weight is 311 g/mol. The SMILES string of the molecule is CC(C)(C)C(CCCCCO)C(F)(C(=O)O)c1ccccn1. The third-order valence-corrected chi connectivity index (χ3v) is 4.03. The lowest BCUT2D eigenvalue weighted by atomic mass is 9.67. The zero-order chi connectivity index (χ0) is 16.8. The van der Waals surface area contributed by atoms with Crippen LogP contribution in [0, 0.1) is 11.3 Å². The van der Waals surface area contributed by atoms with E-state index in [0.29, 0.717) is 19.3 Å². The first kappa shape index (κ1) is 18.6. The molecule has 0 spiro atoms. The minimum atomic E-state index is -2.52. The highest BCUT2D eigenvalue weighted by Crippen LogP contribution is 2.46. The lowest BCUT2D eigenvalue weighted by molar-refractivity contribution is -0.161. The summed E-state index contributed by atoms with van der Waals surface area (Å²) in [5, 5.41) is 18.4. The van der Waals surface area contributed by atoms with Crippen molar-refractivity contribution in [2.45, 2.75) is 52.1 Å². The van der Waals surface area contributed by atoms with E-state index in [1.807, 2.05) is 20.8 Å². The van der Waals surface area contributed by atoms with Gasteiger partial charge in [-0.2, -0.15) is 0 Å². The number of aliphatic hydroxyl groups excluding tert-OH is 1. The first-order valence-electron chi connectivity index (χ1n) is 7.69. The van der Waals surface area contributed by atoms with Gasteiger partial charge in [0.05, 0.1) is 5.69 Å². The number of carboxylic acid groups (broad SMARTS) is 1. The molecule has 0 saturated carbocycles. The number of hydrogen-bond acceptors (Lipinski definition) is 3. The van der Waals surface area contributed by atoms with Crippen LogP contribution in [0.25, 0.3) is 0 Å². The van der Waals surface area contributed by atoms with Crippen LogP contribution in [-0.4, -0.2) is 27.8 Å². The smallest absolute Gasteiger partial charge is 0.348 e. The number of aliphatic hydroxyl groups is 1. The van der Waals surface area contributed by atoms with Crippen LogP contribution in [0.1, 0.15) is 52.1 Å². The van der Waals surface area contributed by atoms with Gasteiger partial charge >= 0.3 is 5.97 Å². The molecule has 0 amide bonds. The maximum atomic E-state index is 15.6. The largest absolute Gasteiger partial charge is 0.479 e. The molecule has 1 aromatic heterocycles. The van der Waals surface area contributed by atoms with Gasteiger partial charge in [-0.15, -0.1) is 0 Å². The summed E-state index contributed by atoms with van der Waals surface area (Å²) in [6.07, 6.45) is 3.92. The molecule has 0 aliphatic heterocycles. The zero-order valence-corrected chi connectivity index (χ0v) is 13.6. The Morgan fingerprint density at radius 1 is 1.27 bits per heavy atom. The third-order valence-electron chi connectivity index (χ3n) is 4.03. The minimum absolute atomic E-state index is 0.0513. The molecule has 0 radical (unpaired) electrons. The van der Waals surface area contributed by atoms with E-state index in [1.165, 1.54) is 12.3 Å². The van der Waals surface area contributed by atoms with Crippen molar-refractivity contribution in [3.63, 3.8) is 0 Å². The molecule has 4 nitrogen and oxygen atoms in total. The van der Waals surface area contributed by atoms with Crippen molar-refractivity contribution in [3.8, 4) is 0 Å². The highest BCUT2D eigenvalue weighted by molar-refractivity contribution is 5.79. The molecule has 0 bridgehead atoms. The fourth-order valence-electron chi connectivity index (χ4n) is 2.88. The molecule has 5 heteroatoms. The fraction of sp³-hybridized carbons (Fsp3) is 0.647. The molecule has 1 aromatic rings. The van der Waals surface area contributed by atoms with E-state index in [9.17, 15) is 9.90 Å². The third kappa shape index (κ3) is 4.26. The number of carboxylic acids is 1. The van der Waals surface area contributed by atoms with Crippen molar-refractivity contribution in [2.24, 2.45) is 11.3 Å². The Bertz CT molecular complexity index is 473. The summed E-state index contributed by atoms with van der Waals surface area (Å²) in [7, 11) is 0.